The Kier molecular flexibility index (Phi) is 67.6. The quantitative estimate of drug-likeness (QED) is 0.0264. The zero-order valence-corrected chi connectivity index (χ0v) is 56.6. The van der Waals surface area contributed by atoms with Crippen molar-refractivity contribution in [3.8, 4) is 0 Å². The van der Waals surface area contributed by atoms with Crippen LogP contribution in [0.15, 0.2) is 146 Å². The summed E-state index contributed by atoms with van der Waals surface area (Å²) in [6, 6.07) is 0. The van der Waals surface area contributed by atoms with Crippen molar-refractivity contribution in [2.24, 2.45) is 5.73 Å². The Morgan fingerprint density at radius 2 is 0.598 bits per heavy atom. The molecule has 0 rings (SSSR count). The van der Waals surface area contributed by atoms with E-state index in [2.05, 4.69) is 160 Å². The molecule has 0 heterocycles. The molecule has 0 aromatic rings. The van der Waals surface area contributed by atoms with Crippen LogP contribution in [0.25, 0.3) is 0 Å². The second-order valence-corrected chi connectivity index (χ2v) is 24.4. The molecule has 0 bridgehead atoms. The maximum atomic E-state index is 12.8. The van der Waals surface area contributed by atoms with Gasteiger partial charge in [0.1, 0.15) is 6.61 Å². The summed E-state index contributed by atoms with van der Waals surface area (Å²) >= 11 is 0. The SMILES string of the molecule is CC/C=C\C/C=C\C/C=C\C/C=C\C/C=C\C/C=C\C/C=C\CCCCCCCCCCCC(=O)OC(COC(=O)CCCCCCCCCCCCCCCCCCCCC/C=C\C/C=C\C/C=C\C/C=C\C/C=C\CC)COP(=O)(O)OCCN. The van der Waals surface area contributed by atoms with Crippen LogP contribution in [0.2, 0.25) is 0 Å². The predicted octanol–water partition coefficient (Wildman–Crippen LogP) is 23.4. The first-order valence-electron chi connectivity index (χ1n) is 35.3. The fourth-order valence-electron chi connectivity index (χ4n) is 9.59. The van der Waals surface area contributed by atoms with Crippen molar-refractivity contribution < 1.29 is 37.6 Å². The average Bonchev–Trinajstić information content (AvgIpc) is 3.66. The standard InChI is InChI=1S/C77H130NO8P/c1-3-5-7-9-11-13-15-17-19-21-23-25-27-29-31-33-35-36-37-38-40-41-43-45-47-49-51-53-55-57-59-61-63-65-67-69-76(79)83-73-75(74-85-87(81,82)84-72-71-78)86-77(80)70-68-66-64-62-60-58-56-54-52-50-48-46-44-42-39-34-32-30-28-26-24-22-20-18-16-14-12-10-8-6-4-2/h5-8,11-14,17-20,23-26,29-32,39,42,46,48,75H,3-4,9-10,15-16,21-22,27-28,33-38,40-41,43-45,47,49-74,78H2,1-2H3,(H,81,82)/b7-5-,8-6-,13-11-,14-12-,19-17-,20-18-,25-23-,26-24-,31-29-,32-30-,42-39-,48-46-. The third kappa shape index (κ3) is 70.8. The van der Waals surface area contributed by atoms with E-state index in [4.69, 9.17) is 24.3 Å². The van der Waals surface area contributed by atoms with Crippen LogP contribution < -0.4 is 5.73 Å². The van der Waals surface area contributed by atoms with Gasteiger partial charge in [0.15, 0.2) is 6.10 Å². The Hall–Kier alpha value is -4.11. The number of hydrogen-bond donors (Lipinski definition) is 2. The summed E-state index contributed by atoms with van der Waals surface area (Å²) in [7, 11) is -4.40. The summed E-state index contributed by atoms with van der Waals surface area (Å²) in [5.41, 5.74) is 5.40. The molecule has 0 saturated heterocycles. The number of nitrogens with two attached hydrogens (primary N) is 1. The van der Waals surface area contributed by atoms with Gasteiger partial charge in [0.2, 0.25) is 0 Å². The van der Waals surface area contributed by atoms with Gasteiger partial charge >= 0.3 is 19.8 Å². The number of phosphoric acid groups is 1. The molecule has 0 saturated carbocycles. The number of allylic oxidation sites excluding steroid dienone is 24. The largest absolute Gasteiger partial charge is 0.472 e. The third-order valence-electron chi connectivity index (χ3n) is 14.7. The van der Waals surface area contributed by atoms with E-state index in [0.29, 0.717) is 6.42 Å². The molecule has 0 aliphatic heterocycles. The molecule has 0 fully saturated rings. The van der Waals surface area contributed by atoms with E-state index in [1.54, 1.807) is 0 Å². The van der Waals surface area contributed by atoms with Crippen LogP contribution in [0.5, 0.6) is 0 Å². The minimum absolute atomic E-state index is 0.0469. The molecule has 0 amide bonds. The van der Waals surface area contributed by atoms with Gasteiger partial charge in [-0.3, -0.25) is 18.6 Å². The predicted molar refractivity (Wildman–Crippen MR) is 376 cm³/mol. The minimum Gasteiger partial charge on any atom is -0.462 e. The van der Waals surface area contributed by atoms with Crippen LogP contribution >= 0.6 is 7.82 Å². The molecule has 0 spiro atoms. The highest BCUT2D eigenvalue weighted by Crippen LogP contribution is 2.43. The van der Waals surface area contributed by atoms with Crippen molar-refractivity contribution in [1.82, 2.24) is 0 Å². The van der Waals surface area contributed by atoms with Crippen molar-refractivity contribution >= 4 is 19.8 Å². The number of esters is 2. The van der Waals surface area contributed by atoms with Crippen LogP contribution in [0, 0.1) is 0 Å². The van der Waals surface area contributed by atoms with E-state index >= 15 is 0 Å². The third-order valence-corrected chi connectivity index (χ3v) is 15.7. The van der Waals surface area contributed by atoms with Gasteiger partial charge < -0.3 is 20.1 Å². The lowest BCUT2D eigenvalue weighted by Crippen LogP contribution is -2.29. The Balaban J connectivity index is 3.91. The van der Waals surface area contributed by atoms with E-state index in [9.17, 15) is 19.0 Å². The first kappa shape index (κ1) is 82.9. The highest BCUT2D eigenvalue weighted by atomic mass is 31.2. The van der Waals surface area contributed by atoms with Gasteiger partial charge in [0, 0.05) is 19.4 Å². The maximum Gasteiger partial charge on any atom is 0.472 e. The molecule has 0 aliphatic carbocycles. The summed E-state index contributed by atoms with van der Waals surface area (Å²) in [4.78, 5) is 35.4. The Morgan fingerprint density at radius 1 is 0.345 bits per heavy atom. The number of unbranched alkanes of at least 4 members (excludes halogenated alkanes) is 28. The topological polar surface area (TPSA) is 134 Å². The average molecular weight is 1230 g/mol. The van der Waals surface area contributed by atoms with Gasteiger partial charge in [-0.1, -0.05) is 314 Å². The summed E-state index contributed by atoms with van der Waals surface area (Å²) < 4.78 is 33.2. The van der Waals surface area contributed by atoms with Crippen LogP contribution in [0.3, 0.4) is 0 Å². The number of ether oxygens (including phenoxy) is 2. The fourth-order valence-corrected chi connectivity index (χ4v) is 10.4. The Bertz CT molecular complexity index is 1940. The van der Waals surface area contributed by atoms with Gasteiger partial charge in [0.05, 0.1) is 13.2 Å². The molecule has 9 nitrogen and oxygen atoms in total. The number of carbonyl (C=O) groups excluding carboxylic acids is 2. The molecular weight excluding hydrogens is 1100 g/mol. The van der Waals surface area contributed by atoms with Gasteiger partial charge in [-0.05, 0) is 116 Å². The Morgan fingerprint density at radius 3 is 0.885 bits per heavy atom. The molecule has 496 valence electrons. The van der Waals surface area contributed by atoms with Crippen LogP contribution in [-0.2, 0) is 32.7 Å². The molecule has 10 heteroatoms. The molecule has 0 aromatic carbocycles. The first-order valence-corrected chi connectivity index (χ1v) is 36.8. The van der Waals surface area contributed by atoms with Crippen LogP contribution in [-0.4, -0.2) is 49.3 Å². The van der Waals surface area contributed by atoms with Crippen LogP contribution in [0.4, 0.5) is 0 Å². The van der Waals surface area contributed by atoms with E-state index in [1.165, 1.54) is 141 Å². The monoisotopic (exact) mass is 1230 g/mol. The lowest BCUT2D eigenvalue weighted by Gasteiger charge is -2.19. The number of carbonyl (C=O) groups is 2. The van der Waals surface area contributed by atoms with E-state index in [-0.39, 0.29) is 38.6 Å². The zero-order valence-electron chi connectivity index (χ0n) is 55.7. The second kappa shape index (κ2) is 71.0. The molecule has 2 unspecified atom stereocenters. The summed E-state index contributed by atoms with van der Waals surface area (Å²) in [6.45, 7) is 3.52. The molecule has 0 radical (unpaired) electrons. The summed E-state index contributed by atoms with van der Waals surface area (Å²) in [6.07, 6.45) is 102. The van der Waals surface area contributed by atoms with E-state index in [0.717, 1.165) is 122 Å². The minimum atomic E-state index is -4.40. The number of hydrogen-bond acceptors (Lipinski definition) is 8. The number of phosphoric ester groups is 1. The zero-order chi connectivity index (χ0) is 63.0. The van der Waals surface area contributed by atoms with E-state index < -0.39 is 26.5 Å². The van der Waals surface area contributed by atoms with Crippen molar-refractivity contribution in [3.05, 3.63) is 146 Å². The molecule has 0 aromatic heterocycles. The fraction of sp³-hybridized carbons (Fsp3) is 0.662. The Labute approximate surface area is 535 Å². The van der Waals surface area contributed by atoms with Crippen molar-refractivity contribution in [1.29, 1.82) is 0 Å². The van der Waals surface area contributed by atoms with Gasteiger partial charge in [-0.15, -0.1) is 0 Å². The lowest BCUT2D eigenvalue weighted by atomic mass is 10.0. The molecule has 3 N–H and O–H groups in total. The summed E-state index contributed by atoms with van der Waals surface area (Å²) in [5.74, 6) is -0.833. The smallest absolute Gasteiger partial charge is 0.462 e. The van der Waals surface area contributed by atoms with E-state index in [1.807, 2.05) is 0 Å². The first-order chi connectivity index (χ1) is 42.8. The van der Waals surface area contributed by atoms with Gasteiger partial charge in [0.25, 0.3) is 0 Å². The van der Waals surface area contributed by atoms with Gasteiger partial charge in [-0.25, -0.2) is 4.57 Å². The second-order valence-electron chi connectivity index (χ2n) is 23.0. The van der Waals surface area contributed by atoms with Gasteiger partial charge in [-0.2, -0.15) is 0 Å². The maximum absolute atomic E-state index is 12.8. The van der Waals surface area contributed by atoms with Crippen molar-refractivity contribution in [3.63, 3.8) is 0 Å². The highest BCUT2D eigenvalue weighted by Gasteiger charge is 2.26. The highest BCUT2D eigenvalue weighted by molar-refractivity contribution is 7.47. The lowest BCUT2D eigenvalue weighted by molar-refractivity contribution is -0.161. The molecule has 87 heavy (non-hydrogen) atoms. The number of rotatable bonds is 65. The molecule has 0 aliphatic rings. The normalized spacial score (nSPS) is 13.8. The van der Waals surface area contributed by atoms with Crippen LogP contribution in [0.1, 0.15) is 296 Å². The molecular formula is C77H130NO8P. The van der Waals surface area contributed by atoms with Crippen molar-refractivity contribution in [2.45, 2.75) is 302 Å². The van der Waals surface area contributed by atoms with Crippen molar-refractivity contribution in [2.75, 3.05) is 26.4 Å². The molecule has 2 atom stereocenters. The summed E-state index contributed by atoms with van der Waals surface area (Å²) in [5, 5.41) is 0.